The van der Waals surface area contributed by atoms with E-state index in [0.29, 0.717) is 34.1 Å². The van der Waals surface area contributed by atoms with Crippen LogP contribution in [0.5, 0.6) is 23.0 Å². The van der Waals surface area contributed by atoms with Crippen LogP contribution in [0.1, 0.15) is 15.9 Å². The number of amides is 2. The SMILES string of the molecule is COc1ccc(C=NNC(=O)CNC(=O)c2ccc3c(c2)OCO3)cc1OC. The minimum Gasteiger partial charge on any atom is -0.493 e. The van der Waals surface area contributed by atoms with E-state index in [2.05, 4.69) is 15.8 Å². The minimum absolute atomic E-state index is 0.126. The van der Waals surface area contributed by atoms with Crippen molar-refractivity contribution in [3.05, 3.63) is 47.5 Å². The van der Waals surface area contributed by atoms with Gasteiger partial charge in [0.15, 0.2) is 23.0 Å². The first kappa shape index (κ1) is 19.0. The fourth-order valence-corrected chi connectivity index (χ4v) is 2.45. The van der Waals surface area contributed by atoms with Crippen LogP contribution in [0.15, 0.2) is 41.5 Å². The largest absolute Gasteiger partial charge is 0.493 e. The highest BCUT2D eigenvalue weighted by molar-refractivity contribution is 5.97. The van der Waals surface area contributed by atoms with Gasteiger partial charge in [-0.05, 0) is 42.0 Å². The number of fused-ring (bicyclic) bond motifs is 1. The Hall–Kier alpha value is -3.75. The van der Waals surface area contributed by atoms with Gasteiger partial charge in [-0.2, -0.15) is 5.10 Å². The lowest BCUT2D eigenvalue weighted by atomic mass is 10.2. The molecule has 2 N–H and O–H groups in total. The second-order valence-electron chi connectivity index (χ2n) is 5.66. The van der Waals surface area contributed by atoms with Crippen LogP contribution in [-0.2, 0) is 4.79 Å². The maximum atomic E-state index is 12.1. The first-order chi connectivity index (χ1) is 13.6. The Morgan fingerprint density at radius 1 is 1.07 bits per heavy atom. The zero-order valence-corrected chi connectivity index (χ0v) is 15.4. The average molecular weight is 385 g/mol. The van der Waals surface area contributed by atoms with E-state index >= 15 is 0 Å². The molecule has 2 aromatic carbocycles. The molecule has 0 unspecified atom stereocenters. The number of rotatable bonds is 7. The number of hydrogen-bond acceptors (Lipinski definition) is 7. The van der Waals surface area contributed by atoms with Crippen molar-refractivity contribution in [2.75, 3.05) is 27.6 Å². The predicted octanol–water partition coefficient (Wildman–Crippen LogP) is 1.31. The van der Waals surface area contributed by atoms with Crippen LogP contribution >= 0.6 is 0 Å². The zero-order chi connectivity index (χ0) is 19.9. The zero-order valence-electron chi connectivity index (χ0n) is 15.4. The number of hydrazone groups is 1. The molecule has 2 aromatic rings. The quantitative estimate of drug-likeness (QED) is 0.550. The number of nitrogens with one attached hydrogen (secondary N) is 2. The Morgan fingerprint density at radius 3 is 2.64 bits per heavy atom. The number of carbonyl (C=O) groups is 2. The third-order valence-corrected chi connectivity index (χ3v) is 3.85. The molecule has 1 heterocycles. The van der Waals surface area contributed by atoms with Crippen LogP contribution in [-0.4, -0.2) is 45.6 Å². The summed E-state index contributed by atoms with van der Waals surface area (Å²) in [5, 5.41) is 6.38. The van der Waals surface area contributed by atoms with E-state index in [9.17, 15) is 9.59 Å². The highest BCUT2D eigenvalue weighted by Crippen LogP contribution is 2.32. The van der Waals surface area contributed by atoms with Crippen molar-refractivity contribution in [3.8, 4) is 23.0 Å². The highest BCUT2D eigenvalue weighted by atomic mass is 16.7. The van der Waals surface area contributed by atoms with Crippen LogP contribution in [0.2, 0.25) is 0 Å². The average Bonchev–Trinajstić information content (AvgIpc) is 3.19. The molecule has 1 aliphatic heterocycles. The van der Waals surface area contributed by atoms with E-state index in [0.717, 1.165) is 0 Å². The fourth-order valence-electron chi connectivity index (χ4n) is 2.45. The number of carbonyl (C=O) groups excluding carboxylic acids is 2. The summed E-state index contributed by atoms with van der Waals surface area (Å²) >= 11 is 0. The highest BCUT2D eigenvalue weighted by Gasteiger charge is 2.16. The van der Waals surface area contributed by atoms with Crippen molar-refractivity contribution in [1.82, 2.24) is 10.7 Å². The lowest BCUT2D eigenvalue weighted by molar-refractivity contribution is -0.120. The van der Waals surface area contributed by atoms with E-state index in [1.807, 2.05) is 0 Å². The fraction of sp³-hybridized carbons (Fsp3) is 0.211. The van der Waals surface area contributed by atoms with Gasteiger partial charge in [0.05, 0.1) is 27.0 Å². The van der Waals surface area contributed by atoms with Gasteiger partial charge in [-0.15, -0.1) is 0 Å². The van der Waals surface area contributed by atoms with Gasteiger partial charge in [-0.25, -0.2) is 5.43 Å². The molecular weight excluding hydrogens is 366 g/mol. The monoisotopic (exact) mass is 385 g/mol. The van der Waals surface area contributed by atoms with Crippen LogP contribution in [0.25, 0.3) is 0 Å². The predicted molar refractivity (Wildman–Crippen MR) is 100 cm³/mol. The van der Waals surface area contributed by atoms with Crippen LogP contribution in [0.3, 0.4) is 0 Å². The first-order valence-corrected chi connectivity index (χ1v) is 8.32. The maximum Gasteiger partial charge on any atom is 0.259 e. The lowest BCUT2D eigenvalue weighted by Gasteiger charge is -2.07. The Kier molecular flexibility index (Phi) is 5.95. The second-order valence-corrected chi connectivity index (χ2v) is 5.66. The van der Waals surface area contributed by atoms with Crippen molar-refractivity contribution in [1.29, 1.82) is 0 Å². The van der Waals surface area contributed by atoms with Crippen molar-refractivity contribution in [2.45, 2.75) is 0 Å². The molecule has 0 bridgehead atoms. The summed E-state index contributed by atoms with van der Waals surface area (Å²) in [6.07, 6.45) is 1.46. The van der Waals surface area contributed by atoms with Gasteiger partial charge < -0.3 is 24.3 Å². The van der Waals surface area contributed by atoms with Crippen molar-refractivity contribution < 1.29 is 28.5 Å². The molecule has 28 heavy (non-hydrogen) atoms. The van der Waals surface area contributed by atoms with Crippen molar-refractivity contribution in [2.24, 2.45) is 5.10 Å². The molecule has 146 valence electrons. The third kappa shape index (κ3) is 4.50. The number of benzene rings is 2. The molecular formula is C19H19N3O6. The molecule has 1 aliphatic rings. The van der Waals surface area contributed by atoms with Gasteiger partial charge in [-0.1, -0.05) is 0 Å². The normalized spacial score (nSPS) is 11.9. The number of ether oxygens (including phenoxy) is 4. The summed E-state index contributed by atoms with van der Waals surface area (Å²) in [4.78, 5) is 24.0. The molecule has 0 saturated heterocycles. The van der Waals surface area contributed by atoms with Crippen LogP contribution in [0, 0.1) is 0 Å². The summed E-state index contributed by atoms with van der Waals surface area (Å²) in [7, 11) is 3.08. The van der Waals surface area contributed by atoms with Crippen LogP contribution < -0.4 is 29.7 Å². The topological polar surface area (TPSA) is 107 Å². The summed E-state index contributed by atoms with van der Waals surface area (Å²) in [5.41, 5.74) is 3.42. The molecule has 0 radical (unpaired) electrons. The maximum absolute atomic E-state index is 12.1. The molecule has 0 spiro atoms. The Labute approximate surface area is 161 Å². The van der Waals surface area contributed by atoms with Crippen molar-refractivity contribution >= 4 is 18.0 Å². The molecule has 0 atom stereocenters. The van der Waals surface area contributed by atoms with Gasteiger partial charge >= 0.3 is 0 Å². The lowest BCUT2D eigenvalue weighted by Crippen LogP contribution is -2.34. The van der Waals surface area contributed by atoms with Gasteiger partial charge in [0.2, 0.25) is 6.79 Å². The molecule has 9 nitrogen and oxygen atoms in total. The second kappa shape index (κ2) is 8.76. The van der Waals surface area contributed by atoms with Gasteiger partial charge in [-0.3, -0.25) is 9.59 Å². The number of nitrogens with zero attached hydrogens (tertiary/aromatic N) is 1. The third-order valence-electron chi connectivity index (χ3n) is 3.85. The molecule has 3 rings (SSSR count). The van der Waals surface area contributed by atoms with Gasteiger partial charge in [0.1, 0.15) is 0 Å². The Morgan fingerprint density at radius 2 is 1.86 bits per heavy atom. The van der Waals surface area contributed by atoms with E-state index < -0.39 is 11.8 Å². The minimum atomic E-state index is -0.467. The van der Waals surface area contributed by atoms with E-state index in [1.54, 1.807) is 43.5 Å². The van der Waals surface area contributed by atoms with Gasteiger partial charge in [0.25, 0.3) is 11.8 Å². The van der Waals surface area contributed by atoms with Crippen LogP contribution in [0.4, 0.5) is 0 Å². The number of hydrogen-bond donors (Lipinski definition) is 2. The molecule has 9 heteroatoms. The smallest absolute Gasteiger partial charge is 0.259 e. The first-order valence-electron chi connectivity index (χ1n) is 8.32. The number of methoxy groups -OCH3 is 2. The Bertz CT molecular complexity index is 913. The molecule has 2 amide bonds. The molecule has 0 aliphatic carbocycles. The van der Waals surface area contributed by atoms with Gasteiger partial charge in [0, 0.05) is 5.56 Å². The summed E-state index contributed by atoms with van der Waals surface area (Å²) in [5.74, 6) is 1.35. The molecule has 0 aromatic heterocycles. The summed E-state index contributed by atoms with van der Waals surface area (Å²) in [6, 6.07) is 10.0. The van der Waals surface area contributed by atoms with Crippen molar-refractivity contribution in [3.63, 3.8) is 0 Å². The standard InChI is InChI=1S/C19H19N3O6/c1-25-14-5-3-12(7-16(14)26-2)9-21-22-18(23)10-20-19(24)13-4-6-15-17(8-13)28-11-27-15/h3-9H,10-11H2,1-2H3,(H,20,24)(H,22,23). The molecule has 0 saturated carbocycles. The summed E-state index contributed by atoms with van der Waals surface area (Å²) in [6.45, 7) is -0.0998. The Balaban J connectivity index is 1.49. The van der Waals surface area contributed by atoms with E-state index in [4.69, 9.17) is 18.9 Å². The van der Waals surface area contributed by atoms with E-state index in [-0.39, 0.29) is 13.3 Å². The molecule has 0 fully saturated rings. The van der Waals surface area contributed by atoms with E-state index in [1.165, 1.54) is 13.3 Å². The summed E-state index contributed by atoms with van der Waals surface area (Å²) < 4.78 is 20.8.